The number of aromatic nitrogens is 3. The van der Waals surface area contributed by atoms with Gasteiger partial charge in [-0.1, -0.05) is 41.6 Å². The van der Waals surface area contributed by atoms with Crippen LogP contribution < -0.4 is 5.32 Å². The number of rotatable bonds is 5. The van der Waals surface area contributed by atoms with Gasteiger partial charge in [0.05, 0.1) is 0 Å². The Bertz CT molecular complexity index is 1480. The van der Waals surface area contributed by atoms with Gasteiger partial charge >= 0.3 is 0 Å². The van der Waals surface area contributed by atoms with Crippen molar-refractivity contribution in [1.82, 2.24) is 18.8 Å². The first-order valence-corrected chi connectivity index (χ1v) is 13.0. The molecule has 1 aliphatic heterocycles. The van der Waals surface area contributed by atoms with E-state index in [0.717, 1.165) is 16.8 Å². The van der Waals surface area contributed by atoms with E-state index in [1.165, 1.54) is 4.31 Å². The fourth-order valence-corrected chi connectivity index (χ4v) is 6.43. The first-order chi connectivity index (χ1) is 16.8. The molecule has 3 aromatic heterocycles. The molecule has 9 nitrogen and oxygen atoms in total. The first kappa shape index (κ1) is 23.3. The average Bonchev–Trinajstić information content (AvgIpc) is 3.40. The number of nitrogens with zero attached hydrogens (tertiary/aromatic N) is 4. The molecule has 4 heterocycles. The van der Waals surface area contributed by atoms with Gasteiger partial charge in [-0.05, 0) is 45.2 Å². The van der Waals surface area contributed by atoms with E-state index >= 15 is 0 Å². The molecule has 182 valence electrons. The SMILES string of the molecule is Cc1noc(C)c1S(=O)(=O)N1CCC(C(=O)Nc2c(-c3ccccc3)nc3c(C)cccn23)CC1. The third-order valence-electron chi connectivity index (χ3n) is 6.52. The van der Waals surface area contributed by atoms with Gasteiger partial charge in [0.15, 0.2) is 5.76 Å². The second-order valence-corrected chi connectivity index (χ2v) is 10.8. The van der Waals surface area contributed by atoms with Crippen molar-refractivity contribution in [2.75, 3.05) is 18.4 Å². The summed E-state index contributed by atoms with van der Waals surface area (Å²) in [5.41, 5.74) is 3.74. The van der Waals surface area contributed by atoms with Crippen molar-refractivity contribution in [2.45, 2.75) is 38.5 Å². The summed E-state index contributed by atoms with van der Waals surface area (Å²) in [6.07, 6.45) is 2.73. The number of nitrogens with one attached hydrogen (secondary N) is 1. The maximum atomic E-state index is 13.3. The molecule has 5 rings (SSSR count). The van der Waals surface area contributed by atoms with Gasteiger partial charge in [-0.15, -0.1) is 0 Å². The number of aryl methyl sites for hydroxylation is 3. The van der Waals surface area contributed by atoms with Crippen LogP contribution in [0.5, 0.6) is 0 Å². The van der Waals surface area contributed by atoms with Crippen molar-refractivity contribution in [2.24, 2.45) is 5.92 Å². The number of fused-ring (bicyclic) bond motifs is 1. The van der Waals surface area contributed by atoms with Crippen LogP contribution in [0.25, 0.3) is 16.9 Å². The summed E-state index contributed by atoms with van der Waals surface area (Å²) in [4.78, 5) is 18.3. The monoisotopic (exact) mass is 493 g/mol. The number of hydrogen-bond donors (Lipinski definition) is 1. The molecule has 0 spiro atoms. The van der Waals surface area contributed by atoms with E-state index in [-0.39, 0.29) is 35.6 Å². The summed E-state index contributed by atoms with van der Waals surface area (Å²) in [6.45, 7) is 5.70. The van der Waals surface area contributed by atoms with E-state index in [0.29, 0.717) is 30.0 Å². The van der Waals surface area contributed by atoms with Crippen LogP contribution in [0, 0.1) is 26.7 Å². The Labute approximate surface area is 203 Å². The van der Waals surface area contributed by atoms with Crippen LogP contribution >= 0.6 is 0 Å². The molecule has 1 aliphatic rings. The van der Waals surface area contributed by atoms with Crippen LogP contribution in [0.15, 0.2) is 58.1 Å². The number of piperidine rings is 1. The van der Waals surface area contributed by atoms with Crippen molar-refractivity contribution >= 4 is 27.4 Å². The summed E-state index contributed by atoms with van der Waals surface area (Å²) < 4.78 is 34.6. The molecule has 1 fully saturated rings. The largest absolute Gasteiger partial charge is 0.360 e. The minimum absolute atomic E-state index is 0.119. The molecular weight excluding hydrogens is 466 g/mol. The molecular formula is C25H27N5O4S. The highest BCUT2D eigenvalue weighted by molar-refractivity contribution is 7.89. The number of benzene rings is 1. The van der Waals surface area contributed by atoms with Crippen molar-refractivity contribution in [1.29, 1.82) is 0 Å². The molecule has 0 atom stereocenters. The minimum Gasteiger partial charge on any atom is -0.360 e. The number of carbonyl (C=O) groups is 1. The van der Waals surface area contributed by atoms with Gasteiger partial charge in [0.25, 0.3) is 0 Å². The van der Waals surface area contributed by atoms with Gasteiger partial charge in [0.2, 0.25) is 15.9 Å². The van der Waals surface area contributed by atoms with Crippen LogP contribution in [-0.2, 0) is 14.8 Å². The summed E-state index contributed by atoms with van der Waals surface area (Å²) in [7, 11) is -3.72. The summed E-state index contributed by atoms with van der Waals surface area (Å²) in [5.74, 6) is 0.439. The van der Waals surface area contributed by atoms with Gasteiger partial charge in [-0.25, -0.2) is 13.4 Å². The van der Waals surface area contributed by atoms with E-state index < -0.39 is 10.0 Å². The number of pyridine rings is 1. The van der Waals surface area contributed by atoms with Crippen molar-refractivity contribution in [3.05, 3.63) is 65.7 Å². The fraction of sp³-hybridized carbons (Fsp3) is 0.320. The zero-order valence-corrected chi connectivity index (χ0v) is 20.7. The Balaban J connectivity index is 1.37. The Hall–Kier alpha value is -3.50. The maximum absolute atomic E-state index is 13.3. The smallest absolute Gasteiger partial charge is 0.248 e. The fourth-order valence-electron chi connectivity index (χ4n) is 4.67. The average molecular weight is 494 g/mol. The van der Waals surface area contributed by atoms with Crippen molar-refractivity contribution in [3.8, 4) is 11.3 Å². The number of sulfonamides is 1. The second-order valence-electron chi connectivity index (χ2n) is 8.88. The number of amides is 1. The van der Waals surface area contributed by atoms with Crippen LogP contribution in [-0.4, -0.2) is 46.3 Å². The van der Waals surface area contributed by atoms with Gasteiger partial charge < -0.3 is 9.84 Å². The summed E-state index contributed by atoms with van der Waals surface area (Å²) in [6, 6.07) is 13.6. The minimum atomic E-state index is -3.72. The Morgan fingerprint density at radius 1 is 1.06 bits per heavy atom. The van der Waals surface area contributed by atoms with Crippen molar-refractivity contribution < 1.29 is 17.7 Å². The molecule has 0 unspecified atom stereocenters. The Kier molecular flexibility index (Phi) is 5.94. The highest BCUT2D eigenvalue weighted by atomic mass is 32.2. The lowest BCUT2D eigenvalue weighted by Gasteiger charge is -2.30. The predicted octanol–water partition coefficient (Wildman–Crippen LogP) is 3.95. The third-order valence-corrected chi connectivity index (χ3v) is 8.67. The standard InChI is InChI=1S/C25H27N5O4S/c1-16-8-7-13-30-23(16)26-21(19-9-5-4-6-10-19)24(30)27-25(31)20-11-14-29(15-12-20)35(32,33)22-17(2)28-34-18(22)3/h4-10,13,20H,11-12,14-15H2,1-3H3,(H,27,31). The molecule has 0 saturated carbocycles. The lowest BCUT2D eigenvalue weighted by atomic mass is 9.97. The number of carbonyl (C=O) groups excluding carboxylic acids is 1. The van der Waals surface area contributed by atoms with E-state index in [2.05, 4.69) is 10.5 Å². The zero-order valence-electron chi connectivity index (χ0n) is 19.9. The number of hydrogen-bond acceptors (Lipinski definition) is 6. The van der Waals surface area contributed by atoms with Gasteiger partial charge in [-0.2, -0.15) is 4.31 Å². The molecule has 1 N–H and O–H groups in total. The second kappa shape index (κ2) is 8.94. The van der Waals surface area contributed by atoms with Gasteiger partial charge in [0, 0.05) is 30.8 Å². The Morgan fingerprint density at radius 2 is 1.77 bits per heavy atom. The van der Waals surface area contributed by atoms with Gasteiger partial charge in [0.1, 0.15) is 27.7 Å². The molecule has 35 heavy (non-hydrogen) atoms. The summed E-state index contributed by atoms with van der Waals surface area (Å²) >= 11 is 0. The zero-order chi connectivity index (χ0) is 24.7. The molecule has 1 amide bonds. The maximum Gasteiger partial charge on any atom is 0.248 e. The topological polar surface area (TPSA) is 110 Å². The molecule has 0 bridgehead atoms. The number of anilines is 1. The highest BCUT2D eigenvalue weighted by Gasteiger charge is 2.35. The van der Waals surface area contributed by atoms with Crippen LogP contribution in [0.4, 0.5) is 5.82 Å². The normalized spacial score (nSPS) is 15.5. The first-order valence-electron chi connectivity index (χ1n) is 11.5. The molecule has 0 radical (unpaired) electrons. The van der Waals surface area contributed by atoms with Crippen LogP contribution in [0.3, 0.4) is 0 Å². The van der Waals surface area contributed by atoms with E-state index in [1.54, 1.807) is 13.8 Å². The summed E-state index contributed by atoms with van der Waals surface area (Å²) in [5, 5.41) is 6.87. The molecule has 10 heteroatoms. The van der Waals surface area contributed by atoms with Crippen LogP contribution in [0.1, 0.15) is 29.9 Å². The predicted molar refractivity (Wildman–Crippen MR) is 131 cm³/mol. The quantitative estimate of drug-likeness (QED) is 0.451. The lowest BCUT2D eigenvalue weighted by molar-refractivity contribution is -0.120. The highest BCUT2D eigenvalue weighted by Crippen LogP contribution is 2.32. The van der Waals surface area contributed by atoms with Crippen LogP contribution in [0.2, 0.25) is 0 Å². The molecule has 1 saturated heterocycles. The Morgan fingerprint density at radius 3 is 2.43 bits per heavy atom. The van der Waals surface area contributed by atoms with E-state index in [9.17, 15) is 13.2 Å². The third kappa shape index (κ3) is 4.12. The lowest BCUT2D eigenvalue weighted by Crippen LogP contribution is -2.41. The molecule has 0 aliphatic carbocycles. The molecule has 4 aromatic rings. The van der Waals surface area contributed by atoms with E-state index in [4.69, 9.17) is 9.51 Å². The van der Waals surface area contributed by atoms with Crippen molar-refractivity contribution in [3.63, 3.8) is 0 Å². The van der Waals surface area contributed by atoms with E-state index in [1.807, 2.05) is 60.0 Å². The number of imidazole rings is 1. The molecule has 1 aromatic carbocycles. The van der Waals surface area contributed by atoms with Gasteiger partial charge in [-0.3, -0.25) is 9.20 Å².